The third kappa shape index (κ3) is 4.15. The molecule has 1 amide bonds. The minimum atomic E-state index is -0.169. The number of hydrogen-bond acceptors (Lipinski definition) is 4. The van der Waals surface area contributed by atoms with Crippen LogP contribution >= 0.6 is 35.0 Å². The smallest absolute Gasteiger partial charge is 0.234 e. The van der Waals surface area contributed by atoms with Gasteiger partial charge in [-0.05, 0) is 25.1 Å². The largest absolute Gasteiger partial charge is 0.324 e. The van der Waals surface area contributed by atoms with Crippen LogP contribution in [0.5, 0.6) is 0 Å². The molecule has 0 spiro atoms. The molecule has 1 aromatic carbocycles. The summed E-state index contributed by atoms with van der Waals surface area (Å²) in [6.07, 6.45) is 0.811. The zero-order valence-electron chi connectivity index (χ0n) is 12.3. The Balaban J connectivity index is 1.98. The first-order valence-electron chi connectivity index (χ1n) is 6.84. The maximum atomic E-state index is 12.0. The number of rotatable bonds is 6. The fraction of sp³-hybridized carbons (Fsp3) is 0.357. The average molecular weight is 359 g/mol. The van der Waals surface area contributed by atoms with Crippen molar-refractivity contribution in [3.05, 3.63) is 34.1 Å². The van der Waals surface area contributed by atoms with Gasteiger partial charge in [0.1, 0.15) is 5.82 Å². The summed E-state index contributed by atoms with van der Waals surface area (Å²) in [7, 11) is 0. The Bertz CT molecular complexity index is 675. The van der Waals surface area contributed by atoms with Gasteiger partial charge in [0.15, 0.2) is 5.16 Å². The van der Waals surface area contributed by atoms with E-state index in [0.29, 0.717) is 15.7 Å². The third-order valence-electron chi connectivity index (χ3n) is 2.96. The topological polar surface area (TPSA) is 59.8 Å². The molecule has 5 nitrogen and oxygen atoms in total. The lowest BCUT2D eigenvalue weighted by Gasteiger charge is -2.08. The molecule has 0 saturated heterocycles. The molecule has 0 fully saturated rings. The van der Waals surface area contributed by atoms with Crippen molar-refractivity contribution in [2.24, 2.45) is 0 Å². The molecule has 2 rings (SSSR count). The van der Waals surface area contributed by atoms with E-state index in [9.17, 15) is 4.79 Å². The van der Waals surface area contributed by atoms with Crippen molar-refractivity contribution in [2.45, 2.75) is 32.0 Å². The number of benzene rings is 1. The molecule has 1 N–H and O–H groups in total. The molecule has 2 aromatic rings. The highest BCUT2D eigenvalue weighted by molar-refractivity contribution is 7.99. The number of thioether (sulfide) groups is 1. The molecule has 0 unspecified atom stereocenters. The highest BCUT2D eigenvalue weighted by atomic mass is 35.5. The predicted octanol–water partition coefficient (Wildman–Crippen LogP) is 3.90. The number of halogens is 2. The lowest BCUT2D eigenvalue weighted by Crippen LogP contribution is -2.15. The van der Waals surface area contributed by atoms with Crippen molar-refractivity contribution in [1.82, 2.24) is 14.8 Å². The molecule has 1 aromatic heterocycles. The summed E-state index contributed by atoms with van der Waals surface area (Å²) in [4.78, 5) is 12.0. The average Bonchev–Trinajstić information content (AvgIpc) is 2.90. The zero-order chi connectivity index (χ0) is 16.1. The second-order valence-electron chi connectivity index (χ2n) is 4.46. The molecular formula is C14H16Cl2N4OS. The minimum Gasteiger partial charge on any atom is -0.324 e. The van der Waals surface area contributed by atoms with E-state index in [0.717, 1.165) is 23.9 Å². The first-order chi connectivity index (χ1) is 10.5. The van der Waals surface area contributed by atoms with Crippen LogP contribution in [0.25, 0.3) is 0 Å². The zero-order valence-corrected chi connectivity index (χ0v) is 14.6. The van der Waals surface area contributed by atoms with E-state index in [1.165, 1.54) is 11.8 Å². The summed E-state index contributed by atoms with van der Waals surface area (Å²) >= 11 is 13.3. The molecule has 22 heavy (non-hydrogen) atoms. The maximum absolute atomic E-state index is 12.0. The summed E-state index contributed by atoms with van der Waals surface area (Å²) < 4.78 is 2.00. The summed E-state index contributed by atoms with van der Waals surface area (Å²) in [5.74, 6) is 0.978. The van der Waals surface area contributed by atoms with Crippen molar-refractivity contribution in [2.75, 3.05) is 11.1 Å². The van der Waals surface area contributed by atoms with Crippen molar-refractivity contribution in [3.8, 4) is 0 Å². The van der Waals surface area contributed by atoms with Crippen molar-refractivity contribution in [3.63, 3.8) is 0 Å². The Hall–Kier alpha value is -1.24. The van der Waals surface area contributed by atoms with Crippen LogP contribution in [0.2, 0.25) is 10.0 Å². The van der Waals surface area contributed by atoms with E-state index in [2.05, 4.69) is 15.5 Å². The minimum absolute atomic E-state index is 0.169. The van der Waals surface area contributed by atoms with Gasteiger partial charge in [-0.1, -0.05) is 41.9 Å². The number of carbonyl (C=O) groups excluding carboxylic acids is 1. The lowest BCUT2D eigenvalue weighted by atomic mass is 10.3. The van der Waals surface area contributed by atoms with Gasteiger partial charge >= 0.3 is 0 Å². The summed E-state index contributed by atoms with van der Waals surface area (Å²) in [5, 5.41) is 12.7. The van der Waals surface area contributed by atoms with Gasteiger partial charge in [0.05, 0.1) is 16.5 Å². The van der Waals surface area contributed by atoms with Gasteiger partial charge in [-0.3, -0.25) is 4.79 Å². The molecule has 0 radical (unpaired) electrons. The van der Waals surface area contributed by atoms with E-state index < -0.39 is 0 Å². The maximum Gasteiger partial charge on any atom is 0.234 e. The number of hydrogen-bond donors (Lipinski definition) is 1. The number of anilines is 1. The Morgan fingerprint density at radius 2 is 2.09 bits per heavy atom. The number of carbonyl (C=O) groups is 1. The van der Waals surface area contributed by atoms with Gasteiger partial charge in [0.25, 0.3) is 0 Å². The second-order valence-corrected chi connectivity index (χ2v) is 6.24. The molecule has 0 saturated carbocycles. The standard InChI is InChI=1S/C14H16Cl2N4OS/c1-3-12-18-19-14(20(12)4-2)22-8-13(21)17-11-7-9(15)5-6-10(11)16/h5-7H,3-4,8H2,1-2H3,(H,17,21). The SMILES string of the molecule is CCc1nnc(SCC(=O)Nc2cc(Cl)ccc2Cl)n1CC. The highest BCUT2D eigenvalue weighted by Crippen LogP contribution is 2.26. The number of nitrogens with zero attached hydrogens (tertiary/aromatic N) is 3. The molecule has 0 aliphatic rings. The van der Waals surface area contributed by atoms with E-state index in [1.54, 1.807) is 18.2 Å². The van der Waals surface area contributed by atoms with Crippen molar-refractivity contribution in [1.29, 1.82) is 0 Å². The number of aryl methyl sites for hydroxylation is 1. The van der Waals surface area contributed by atoms with Gasteiger partial charge in [-0.15, -0.1) is 10.2 Å². The quantitative estimate of drug-likeness (QED) is 0.795. The van der Waals surface area contributed by atoms with Crippen LogP contribution in [0.4, 0.5) is 5.69 Å². The lowest BCUT2D eigenvalue weighted by molar-refractivity contribution is -0.113. The normalized spacial score (nSPS) is 10.7. The second kappa shape index (κ2) is 7.85. The van der Waals surface area contributed by atoms with Crippen LogP contribution in [-0.2, 0) is 17.8 Å². The van der Waals surface area contributed by atoms with Crippen molar-refractivity contribution < 1.29 is 4.79 Å². The van der Waals surface area contributed by atoms with Gasteiger partial charge in [0.2, 0.25) is 5.91 Å². The predicted molar refractivity (Wildman–Crippen MR) is 90.9 cm³/mol. The van der Waals surface area contributed by atoms with E-state index in [4.69, 9.17) is 23.2 Å². The number of amides is 1. The van der Waals surface area contributed by atoms with Gasteiger partial charge in [-0.25, -0.2) is 0 Å². The first kappa shape index (κ1) is 17.1. The Morgan fingerprint density at radius 3 is 2.77 bits per heavy atom. The fourth-order valence-corrected chi connectivity index (χ4v) is 3.07. The first-order valence-corrected chi connectivity index (χ1v) is 8.59. The summed E-state index contributed by atoms with van der Waals surface area (Å²) in [6, 6.07) is 4.94. The van der Waals surface area contributed by atoms with Gasteiger partial charge < -0.3 is 9.88 Å². The van der Waals surface area contributed by atoms with Gasteiger partial charge in [0, 0.05) is 18.0 Å². The van der Waals surface area contributed by atoms with Crippen LogP contribution in [0.1, 0.15) is 19.7 Å². The summed E-state index contributed by atoms with van der Waals surface area (Å²) in [6.45, 7) is 4.83. The van der Waals surface area contributed by atoms with E-state index in [-0.39, 0.29) is 11.7 Å². The number of aromatic nitrogens is 3. The molecule has 118 valence electrons. The van der Waals surface area contributed by atoms with Crippen LogP contribution in [0, 0.1) is 0 Å². The molecule has 1 heterocycles. The Kier molecular flexibility index (Phi) is 6.11. The van der Waals surface area contributed by atoms with Crippen LogP contribution in [0.15, 0.2) is 23.4 Å². The van der Waals surface area contributed by atoms with Crippen LogP contribution < -0.4 is 5.32 Å². The Morgan fingerprint density at radius 1 is 1.32 bits per heavy atom. The highest BCUT2D eigenvalue weighted by Gasteiger charge is 2.13. The third-order valence-corrected chi connectivity index (χ3v) is 4.49. The molecule has 8 heteroatoms. The molecule has 0 aliphatic heterocycles. The Labute approximate surface area is 143 Å². The molecule has 0 aliphatic carbocycles. The van der Waals surface area contributed by atoms with Gasteiger partial charge in [-0.2, -0.15) is 0 Å². The van der Waals surface area contributed by atoms with Crippen LogP contribution in [-0.4, -0.2) is 26.4 Å². The molecule has 0 atom stereocenters. The van der Waals surface area contributed by atoms with Crippen LogP contribution in [0.3, 0.4) is 0 Å². The fourth-order valence-electron chi connectivity index (χ4n) is 1.91. The monoisotopic (exact) mass is 358 g/mol. The number of nitrogens with one attached hydrogen (secondary N) is 1. The summed E-state index contributed by atoms with van der Waals surface area (Å²) in [5.41, 5.74) is 0.506. The molecule has 0 bridgehead atoms. The van der Waals surface area contributed by atoms with Crippen molar-refractivity contribution >= 4 is 46.6 Å². The van der Waals surface area contributed by atoms with E-state index >= 15 is 0 Å². The molecular weight excluding hydrogens is 343 g/mol. The van der Waals surface area contributed by atoms with E-state index in [1.807, 2.05) is 18.4 Å².